The molecule has 4 aromatic carbocycles. The first-order valence-electron chi connectivity index (χ1n) is 14.4. The maximum absolute atomic E-state index is 12.7. The molecule has 0 spiro atoms. The second kappa shape index (κ2) is 15.2. The van der Waals surface area contributed by atoms with Crippen LogP contribution in [0.3, 0.4) is 0 Å². The molecule has 0 saturated carbocycles. The Morgan fingerprint density at radius 1 is 0.714 bits per heavy atom. The Hall–Kier alpha value is -4.84. The van der Waals surface area contributed by atoms with Crippen molar-refractivity contribution in [3.8, 4) is 16.9 Å². The minimum Gasteiger partial charge on any atom is -0.494 e. The lowest BCUT2D eigenvalue weighted by Crippen LogP contribution is -2.08. The number of esters is 1. The molecule has 0 aliphatic heterocycles. The van der Waals surface area contributed by atoms with Crippen LogP contribution in [0.5, 0.6) is 5.75 Å². The smallest absolute Gasteiger partial charge is 0.338 e. The van der Waals surface area contributed by atoms with Crippen molar-refractivity contribution in [1.29, 1.82) is 0 Å². The van der Waals surface area contributed by atoms with Gasteiger partial charge >= 0.3 is 5.97 Å². The van der Waals surface area contributed by atoms with Crippen molar-refractivity contribution in [3.63, 3.8) is 0 Å². The molecule has 0 heterocycles. The molecule has 0 radical (unpaired) electrons. The molecule has 4 rings (SSSR count). The van der Waals surface area contributed by atoms with Crippen molar-refractivity contribution < 1.29 is 19.1 Å². The third-order valence-corrected chi connectivity index (χ3v) is 6.81. The number of aryl methyl sites for hydroxylation is 1. The Balaban J connectivity index is 1.15. The first-order valence-corrected chi connectivity index (χ1v) is 14.4. The molecular weight excluding hydrogens is 524 g/mol. The lowest BCUT2D eigenvalue weighted by molar-refractivity contribution is 0.0497. The van der Waals surface area contributed by atoms with E-state index >= 15 is 0 Å². The van der Waals surface area contributed by atoms with Gasteiger partial charge in [-0.2, -0.15) is 0 Å². The summed E-state index contributed by atoms with van der Waals surface area (Å²) in [6, 6.07) is 28.7. The summed E-state index contributed by atoms with van der Waals surface area (Å²) in [4.78, 5) is 24.8. The fourth-order valence-electron chi connectivity index (χ4n) is 4.54. The highest BCUT2D eigenvalue weighted by molar-refractivity contribution is 6.07. The second-order valence-corrected chi connectivity index (χ2v) is 10.2. The summed E-state index contributed by atoms with van der Waals surface area (Å²) >= 11 is 0. The monoisotopic (exact) mass is 562 g/mol. The summed E-state index contributed by atoms with van der Waals surface area (Å²) in [6.45, 7) is 3.07. The van der Waals surface area contributed by atoms with Crippen LogP contribution in [0, 0.1) is 0 Å². The van der Waals surface area contributed by atoms with E-state index in [9.17, 15) is 9.59 Å². The zero-order valence-corrected chi connectivity index (χ0v) is 24.1. The predicted molar refractivity (Wildman–Crippen MR) is 171 cm³/mol. The average molecular weight is 563 g/mol. The summed E-state index contributed by atoms with van der Waals surface area (Å²) in [6.07, 6.45) is 8.06. The molecule has 42 heavy (non-hydrogen) atoms. The number of ether oxygens (including phenoxy) is 2. The summed E-state index contributed by atoms with van der Waals surface area (Å²) in [5, 5.41) is 0. The number of hydrogen-bond acceptors (Lipinski definition) is 6. The number of unbranched alkanes of at least 4 members (excludes halogenated alkanes) is 2. The van der Waals surface area contributed by atoms with Gasteiger partial charge in [-0.05, 0) is 84.3 Å². The van der Waals surface area contributed by atoms with Gasteiger partial charge in [0, 0.05) is 16.9 Å². The van der Waals surface area contributed by atoms with Crippen LogP contribution in [-0.4, -0.2) is 25.0 Å². The molecule has 4 aromatic rings. The van der Waals surface area contributed by atoms with Crippen LogP contribution in [0.4, 0.5) is 11.4 Å². The number of carbonyl (C=O) groups excluding carboxylic acids is 2. The van der Waals surface area contributed by atoms with Gasteiger partial charge in [0.1, 0.15) is 5.75 Å². The molecule has 0 unspecified atom stereocenters. The number of nitrogen functional groups attached to an aromatic ring is 2. The molecule has 0 bridgehead atoms. The van der Waals surface area contributed by atoms with Crippen LogP contribution in [0.25, 0.3) is 17.2 Å². The number of hydrogen-bond donors (Lipinski definition) is 2. The normalized spacial score (nSPS) is 11.0. The average Bonchev–Trinajstić information content (AvgIpc) is 3.00. The van der Waals surface area contributed by atoms with Crippen molar-refractivity contribution in [2.45, 2.75) is 39.0 Å². The second-order valence-electron chi connectivity index (χ2n) is 10.2. The highest BCUT2D eigenvalue weighted by Gasteiger charge is 2.09. The van der Waals surface area contributed by atoms with E-state index in [-0.39, 0.29) is 5.78 Å². The van der Waals surface area contributed by atoms with Gasteiger partial charge in [0.05, 0.1) is 18.8 Å². The van der Waals surface area contributed by atoms with E-state index in [1.165, 1.54) is 5.56 Å². The molecule has 0 aromatic heterocycles. The highest BCUT2D eigenvalue weighted by Crippen LogP contribution is 2.22. The van der Waals surface area contributed by atoms with Crippen molar-refractivity contribution >= 4 is 29.2 Å². The van der Waals surface area contributed by atoms with Gasteiger partial charge in [-0.3, -0.25) is 4.79 Å². The van der Waals surface area contributed by atoms with Crippen molar-refractivity contribution in [3.05, 3.63) is 119 Å². The Labute approximate surface area is 248 Å². The molecule has 6 heteroatoms. The van der Waals surface area contributed by atoms with E-state index in [2.05, 4.69) is 31.2 Å². The van der Waals surface area contributed by atoms with E-state index in [0.717, 1.165) is 54.5 Å². The van der Waals surface area contributed by atoms with Crippen molar-refractivity contribution in [1.82, 2.24) is 0 Å². The predicted octanol–water partition coefficient (Wildman–Crippen LogP) is 7.77. The fourth-order valence-corrected chi connectivity index (χ4v) is 4.54. The van der Waals surface area contributed by atoms with Crippen LogP contribution in [0.15, 0.2) is 97.1 Å². The van der Waals surface area contributed by atoms with Gasteiger partial charge in [-0.15, -0.1) is 0 Å². The van der Waals surface area contributed by atoms with Crippen molar-refractivity contribution in [2.24, 2.45) is 0 Å². The number of benzene rings is 4. The van der Waals surface area contributed by atoms with Crippen LogP contribution in [-0.2, 0) is 11.2 Å². The van der Waals surface area contributed by atoms with Crippen molar-refractivity contribution in [2.75, 3.05) is 24.7 Å². The summed E-state index contributed by atoms with van der Waals surface area (Å²) < 4.78 is 11.1. The molecule has 0 atom stereocenters. The summed E-state index contributed by atoms with van der Waals surface area (Å²) in [7, 11) is 0. The number of allylic oxidation sites excluding steroid dienone is 1. The largest absolute Gasteiger partial charge is 0.494 e. The fraction of sp³-hybridized carbons (Fsp3) is 0.222. The Morgan fingerprint density at radius 2 is 1.33 bits per heavy atom. The number of anilines is 2. The number of rotatable bonds is 14. The Bertz CT molecular complexity index is 1470. The standard InChI is InChI=1S/C36H38N2O4/c1-2-6-26-7-12-28(13-8-26)29-14-16-30(17-15-29)35(39)20-11-27-9-18-34(19-10-27)41-21-4-3-5-22-42-36(40)31-23-32(37)25-33(38)24-31/h7-20,23-25H,2-6,21-22,37-38H2,1H3/b20-11+. The van der Waals surface area contributed by atoms with Gasteiger partial charge in [-0.25, -0.2) is 4.79 Å². The van der Waals surface area contributed by atoms with E-state index < -0.39 is 5.97 Å². The SMILES string of the molecule is CCCc1ccc(-c2ccc(C(=O)/C=C/c3ccc(OCCCCCOC(=O)c4cc(N)cc(N)c4)cc3)cc2)cc1. The Morgan fingerprint density at radius 3 is 1.98 bits per heavy atom. The van der Waals surface area contributed by atoms with Gasteiger partial charge in [-0.1, -0.05) is 80.1 Å². The zero-order chi connectivity index (χ0) is 29.7. The van der Waals surface area contributed by atoms with Crippen LogP contribution in [0.1, 0.15) is 64.4 Å². The first kappa shape index (κ1) is 30.1. The van der Waals surface area contributed by atoms with Gasteiger partial charge < -0.3 is 20.9 Å². The van der Waals surface area contributed by atoms with Gasteiger partial charge in [0.25, 0.3) is 0 Å². The third-order valence-electron chi connectivity index (χ3n) is 6.81. The molecule has 6 nitrogen and oxygen atoms in total. The summed E-state index contributed by atoms with van der Waals surface area (Å²) in [5.74, 6) is 0.299. The molecule has 4 N–H and O–H groups in total. The maximum Gasteiger partial charge on any atom is 0.338 e. The molecule has 0 aliphatic carbocycles. The van der Waals surface area contributed by atoms with Crippen LogP contribution >= 0.6 is 0 Å². The molecule has 0 fully saturated rings. The lowest BCUT2D eigenvalue weighted by atomic mass is 10.00. The first-order chi connectivity index (χ1) is 20.4. The minimum atomic E-state index is -0.428. The third kappa shape index (κ3) is 9.10. The maximum atomic E-state index is 12.7. The topological polar surface area (TPSA) is 105 Å². The zero-order valence-electron chi connectivity index (χ0n) is 24.1. The Kier molecular flexibility index (Phi) is 10.9. The summed E-state index contributed by atoms with van der Waals surface area (Å²) in [5.41, 5.74) is 17.8. The van der Waals surface area contributed by atoms with E-state index in [1.807, 2.05) is 54.6 Å². The van der Waals surface area contributed by atoms with Crippen LogP contribution in [0.2, 0.25) is 0 Å². The van der Waals surface area contributed by atoms with E-state index in [1.54, 1.807) is 24.3 Å². The van der Waals surface area contributed by atoms with Gasteiger partial charge in [0.2, 0.25) is 0 Å². The molecule has 0 saturated heterocycles. The quantitative estimate of drug-likeness (QED) is 0.0535. The molecular formula is C36H38N2O4. The number of nitrogens with two attached hydrogens (primary N) is 2. The lowest BCUT2D eigenvalue weighted by Gasteiger charge is -2.08. The minimum absolute atomic E-state index is 0.0390. The van der Waals surface area contributed by atoms with E-state index in [4.69, 9.17) is 20.9 Å². The van der Waals surface area contributed by atoms with Crippen LogP contribution < -0.4 is 16.2 Å². The number of ketones is 1. The highest BCUT2D eigenvalue weighted by atomic mass is 16.5. The molecule has 0 aliphatic rings. The molecule has 0 amide bonds. The van der Waals surface area contributed by atoms with Gasteiger partial charge in [0.15, 0.2) is 5.78 Å². The number of carbonyl (C=O) groups is 2. The molecule has 216 valence electrons. The van der Waals surface area contributed by atoms with E-state index in [0.29, 0.717) is 35.7 Å².